The molecule has 0 spiro atoms. The summed E-state index contributed by atoms with van der Waals surface area (Å²) in [6, 6.07) is 2.75. The number of rotatable bonds is 3. The Balaban J connectivity index is 1.57. The van der Waals surface area contributed by atoms with Crippen LogP contribution < -0.4 is 20.1 Å². The Morgan fingerprint density at radius 3 is 2.40 bits per heavy atom. The molecule has 1 fully saturated rings. The molecule has 0 radical (unpaired) electrons. The van der Waals surface area contributed by atoms with Crippen molar-refractivity contribution in [1.82, 2.24) is 9.62 Å². The summed E-state index contributed by atoms with van der Waals surface area (Å²) >= 11 is 6.17. The second kappa shape index (κ2) is 7.27. The summed E-state index contributed by atoms with van der Waals surface area (Å²) < 4.78 is 35.3. The van der Waals surface area contributed by atoms with E-state index < -0.39 is 16.1 Å². The number of halogens is 1. The number of benzene rings is 1. The lowest BCUT2D eigenvalue weighted by molar-refractivity contribution is 0.171. The largest absolute Gasteiger partial charge is 0.486 e. The van der Waals surface area contributed by atoms with Crippen LogP contribution in [0.3, 0.4) is 0 Å². The second-order valence-electron chi connectivity index (χ2n) is 6.01. The molecule has 0 aliphatic carbocycles. The molecule has 2 heterocycles. The van der Waals surface area contributed by atoms with E-state index in [0.717, 1.165) is 0 Å². The van der Waals surface area contributed by atoms with E-state index in [0.29, 0.717) is 61.4 Å². The van der Waals surface area contributed by atoms with E-state index >= 15 is 0 Å². The standard InChI is InChI=1S/C15H20ClN3O5S/c1-25(21,22)19-4-2-10(3-5-19)17-15(20)18-12-9-14-13(8-11(12)16)23-6-7-24-14/h8-10H,2-7H2,1H3,(H2,17,18,20). The highest BCUT2D eigenvalue weighted by molar-refractivity contribution is 7.88. The first kappa shape index (κ1) is 18.1. The van der Waals surface area contributed by atoms with Crippen LogP contribution >= 0.6 is 11.6 Å². The SMILES string of the molecule is CS(=O)(=O)N1CCC(NC(=O)Nc2cc3c(cc2Cl)OCCO3)CC1. The van der Waals surface area contributed by atoms with Gasteiger partial charge in [0.05, 0.1) is 17.0 Å². The van der Waals surface area contributed by atoms with Crippen LogP contribution in [0.4, 0.5) is 10.5 Å². The topological polar surface area (TPSA) is 97.0 Å². The number of carbonyl (C=O) groups is 1. The molecule has 0 atom stereocenters. The van der Waals surface area contributed by atoms with Gasteiger partial charge in [0.2, 0.25) is 10.0 Å². The fraction of sp³-hybridized carbons (Fsp3) is 0.533. The molecule has 0 unspecified atom stereocenters. The van der Waals surface area contributed by atoms with E-state index in [1.807, 2.05) is 0 Å². The van der Waals surface area contributed by atoms with Crippen molar-refractivity contribution in [2.24, 2.45) is 0 Å². The lowest BCUT2D eigenvalue weighted by atomic mass is 10.1. The van der Waals surface area contributed by atoms with E-state index in [-0.39, 0.29) is 6.04 Å². The van der Waals surface area contributed by atoms with Crippen molar-refractivity contribution in [3.63, 3.8) is 0 Å². The highest BCUT2D eigenvalue weighted by Gasteiger charge is 2.26. The number of urea groups is 1. The number of nitrogens with zero attached hydrogens (tertiary/aromatic N) is 1. The molecule has 3 rings (SSSR count). The first-order chi connectivity index (χ1) is 11.8. The Morgan fingerprint density at radius 2 is 1.80 bits per heavy atom. The van der Waals surface area contributed by atoms with Crippen LogP contribution in [0.25, 0.3) is 0 Å². The molecule has 0 saturated carbocycles. The van der Waals surface area contributed by atoms with Gasteiger partial charge in [-0.3, -0.25) is 0 Å². The lowest BCUT2D eigenvalue weighted by Crippen LogP contribution is -2.47. The maximum Gasteiger partial charge on any atom is 0.319 e. The fourth-order valence-corrected chi connectivity index (χ4v) is 3.91. The molecule has 2 amide bonds. The lowest BCUT2D eigenvalue weighted by Gasteiger charge is -2.30. The van der Waals surface area contributed by atoms with Crippen molar-refractivity contribution < 1.29 is 22.7 Å². The summed E-state index contributed by atoms with van der Waals surface area (Å²) in [4.78, 5) is 12.2. The van der Waals surface area contributed by atoms with Gasteiger partial charge in [-0.1, -0.05) is 11.6 Å². The van der Waals surface area contributed by atoms with E-state index in [1.54, 1.807) is 12.1 Å². The molecule has 25 heavy (non-hydrogen) atoms. The zero-order valence-corrected chi connectivity index (χ0v) is 15.3. The van der Waals surface area contributed by atoms with E-state index in [9.17, 15) is 13.2 Å². The average Bonchev–Trinajstić information content (AvgIpc) is 2.55. The van der Waals surface area contributed by atoms with Crippen molar-refractivity contribution in [2.45, 2.75) is 18.9 Å². The monoisotopic (exact) mass is 389 g/mol. The van der Waals surface area contributed by atoms with Crippen molar-refractivity contribution in [2.75, 3.05) is 37.9 Å². The van der Waals surface area contributed by atoms with Crippen LogP contribution in [-0.2, 0) is 10.0 Å². The number of amides is 2. The van der Waals surface area contributed by atoms with Gasteiger partial charge >= 0.3 is 6.03 Å². The number of carbonyl (C=O) groups excluding carboxylic acids is 1. The van der Waals surface area contributed by atoms with Gasteiger partial charge in [-0.25, -0.2) is 17.5 Å². The molecule has 1 aromatic rings. The summed E-state index contributed by atoms with van der Waals surface area (Å²) in [6.45, 7) is 1.70. The van der Waals surface area contributed by atoms with Crippen LogP contribution in [0.1, 0.15) is 12.8 Å². The van der Waals surface area contributed by atoms with Gasteiger partial charge in [-0.05, 0) is 12.8 Å². The maximum absolute atomic E-state index is 12.2. The number of piperidine rings is 1. The molecule has 0 bridgehead atoms. The van der Waals surface area contributed by atoms with Crippen LogP contribution in [0.5, 0.6) is 11.5 Å². The molecule has 2 aliphatic rings. The molecule has 2 N–H and O–H groups in total. The third-order valence-electron chi connectivity index (χ3n) is 4.14. The molecule has 10 heteroatoms. The predicted molar refractivity (Wildman–Crippen MR) is 94.0 cm³/mol. The minimum Gasteiger partial charge on any atom is -0.486 e. The van der Waals surface area contributed by atoms with Crippen molar-refractivity contribution in [1.29, 1.82) is 0 Å². The normalized spacial score (nSPS) is 18.6. The van der Waals surface area contributed by atoms with Crippen molar-refractivity contribution >= 4 is 33.3 Å². The van der Waals surface area contributed by atoms with Crippen molar-refractivity contribution in [3.8, 4) is 11.5 Å². The number of anilines is 1. The zero-order chi connectivity index (χ0) is 18.0. The fourth-order valence-electron chi connectivity index (χ4n) is 2.84. The number of ether oxygens (including phenoxy) is 2. The summed E-state index contributed by atoms with van der Waals surface area (Å²) in [7, 11) is -3.18. The van der Waals surface area contributed by atoms with Crippen LogP contribution in [0.2, 0.25) is 5.02 Å². The van der Waals surface area contributed by atoms with Gasteiger partial charge < -0.3 is 20.1 Å². The van der Waals surface area contributed by atoms with Crippen LogP contribution in [0.15, 0.2) is 12.1 Å². The number of fused-ring (bicyclic) bond motifs is 1. The summed E-state index contributed by atoms with van der Waals surface area (Å²) in [5, 5.41) is 5.90. The first-order valence-electron chi connectivity index (χ1n) is 7.95. The molecule has 8 nitrogen and oxygen atoms in total. The molecule has 2 aliphatic heterocycles. The smallest absolute Gasteiger partial charge is 0.319 e. The van der Waals surface area contributed by atoms with Gasteiger partial charge in [-0.15, -0.1) is 0 Å². The molecule has 138 valence electrons. The minimum atomic E-state index is -3.18. The summed E-state index contributed by atoms with van der Waals surface area (Å²) in [6.07, 6.45) is 2.32. The number of hydrogen-bond donors (Lipinski definition) is 2. The van der Waals surface area contributed by atoms with Crippen molar-refractivity contribution in [3.05, 3.63) is 17.2 Å². The van der Waals surface area contributed by atoms with E-state index in [2.05, 4.69) is 10.6 Å². The highest BCUT2D eigenvalue weighted by atomic mass is 35.5. The molecule has 0 aromatic heterocycles. The Bertz CT molecular complexity index is 763. The number of hydrogen-bond acceptors (Lipinski definition) is 5. The quantitative estimate of drug-likeness (QED) is 0.819. The Kier molecular flexibility index (Phi) is 5.26. The van der Waals surface area contributed by atoms with Gasteiger partial charge in [0.15, 0.2) is 11.5 Å². The van der Waals surface area contributed by atoms with Gasteiger partial charge in [0.25, 0.3) is 0 Å². The van der Waals surface area contributed by atoms with E-state index in [4.69, 9.17) is 21.1 Å². The summed E-state index contributed by atoms with van der Waals surface area (Å²) in [5.74, 6) is 1.09. The molecular weight excluding hydrogens is 370 g/mol. The first-order valence-corrected chi connectivity index (χ1v) is 10.2. The van der Waals surface area contributed by atoms with Gasteiger partial charge in [0, 0.05) is 31.3 Å². The molecular formula is C15H20ClN3O5S. The third-order valence-corrected chi connectivity index (χ3v) is 5.75. The Labute approximate surface area is 151 Å². The Morgan fingerprint density at radius 1 is 1.20 bits per heavy atom. The van der Waals surface area contributed by atoms with Gasteiger partial charge in [0.1, 0.15) is 13.2 Å². The second-order valence-corrected chi connectivity index (χ2v) is 8.40. The number of sulfonamides is 1. The minimum absolute atomic E-state index is 0.0889. The van der Waals surface area contributed by atoms with Crippen LogP contribution in [0, 0.1) is 0 Å². The van der Waals surface area contributed by atoms with Gasteiger partial charge in [-0.2, -0.15) is 0 Å². The average molecular weight is 390 g/mol. The zero-order valence-electron chi connectivity index (χ0n) is 13.7. The summed E-state index contributed by atoms with van der Waals surface area (Å²) in [5.41, 5.74) is 0.428. The Hall–Kier alpha value is -1.71. The third kappa shape index (κ3) is 4.47. The molecule has 1 saturated heterocycles. The predicted octanol–water partition coefficient (Wildman–Crippen LogP) is 1.66. The number of nitrogens with one attached hydrogen (secondary N) is 2. The van der Waals surface area contributed by atoms with Crippen LogP contribution in [-0.4, -0.2) is 57.4 Å². The molecule has 1 aromatic carbocycles. The van der Waals surface area contributed by atoms with E-state index in [1.165, 1.54) is 10.6 Å². The highest BCUT2D eigenvalue weighted by Crippen LogP contribution is 2.37. The maximum atomic E-state index is 12.2.